The SMILES string of the molecule is COc1cccc2[nH]c(=O)n(C3CCOCC3)c(=O)c12. The molecule has 0 atom stereocenters. The second-order valence-corrected chi connectivity index (χ2v) is 4.83. The molecule has 2 aromatic rings. The minimum atomic E-state index is -0.373. The van der Waals surface area contributed by atoms with Crippen molar-refractivity contribution in [3.63, 3.8) is 0 Å². The fourth-order valence-corrected chi connectivity index (χ4v) is 2.69. The van der Waals surface area contributed by atoms with Gasteiger partial charge in [0.15, 0.2) is 0 Å². The molecule has 0 bridgehead atoms. The molecule has 0 spiro atoms. The molecule has 1 aliphatic heterocycles. The molecule has 106 valence electrons. The van der Waals surface area contributed by atoms with Crippen LogP contribution in [0, 0.1) is 0 Å². The molecule has 0 unspecified atom stereocenters. The van der Waals surface area contributed by atoms with E-state index in [1.807, 2.05) is 0 Å². The maximum Gasteiger partial charge on any atom is 0.329 e. The van der Waals surface area contributed by atoms with Gasteiger partial charge in [-0.1, -0.05) is 6.07 Å². The van der Waals surface area contributed by atoms with Crippen molar-refractivity contribution in [2.45, 2.75) is 18.9 Å². The Morgan fingerprint density at radius 3 is 2.75 bits per heavy atom. The van der Waals surface area contributed by atoms with Crippen LogP contribution < -0.4 is 16.0 Å². The number of hydrogen-bond acceptors (Lipinski definition) is 4. The van der Waals surface area contributed by atoms with Gasteiger partial charge in [0.05, 0.1) is 12.6 Å². The second-order valence-electron chi connectivity index (χ2n) is 4.83. The van der Waals surface area contributed by atoms with Crippen molar-refractivity contribution in [1.82, 2.24) is 9.55 Å². The first-order chi connectivity index (χ1) is 9.72. The van der Waals surface area contributed by atoms with Gasteiger partial charge in [-0.2, -0.15) is 0 Å². The quantitative estimate of drug-likeness (QED) is 0.889. The minimum Gasteiger partial charge on any atom is -0.496 e. The predicted octanol–water partition coefficient (Wildman–Crippen LogP) is 1.05. The lowest BCUT2D eigenvalue weighted by molar-refractivity contribution is 0.0676. The van der Waals surface area contributed by atoms with Gasteiger partial charge in [-0.25, -0.2) is 4.79 Å². The Kier molecular flexibility index (Phi) is 3.31. The summed E-state index contributed by atoms with van der Waals surface area (Å²) in [5.41, 5.74) is -0.168. The van der Waals surface area contributed by atoms with E-state index < -0.39 is 0 Å². The van der Waals surface area contributed by atoms with Crippen LogP contribution >= 0.6 is 0 Å². The highest BCUT2D eigenvalue weighted by Gasteiger charge is 2.21. The minimum absolute atomic E-state index is 0.116. The lowest BCUT2D eigenvalue weighted by Gasteiger charge is -2.23. The maximum atomic E-state index is 12.7. The molecule has 1 saturated heterocycles. The van der Waals surface area contributed by atoms with Crippen molar-refractivity contribution in [3.8, 4) is 5.75 Å². The van der Waals surface area contributed by atoms with Crippen molar-refractivity contribution in [2.75, 3.05) is 20.3 Å². The average molecular weight is 276 g/mol. The summed E-state index contributed by atoms with van der Waals surface area (Å²) in [6.45, 7) is 1.14. The van der Waals surface area contributed by atoms with E-state index in [1.165, 1.54) is 11.7 Å². The number of aromatic amines is 1. The number of benzene rings is 1. The van der Waals surface area contributed by atoms with Crippen LogP contribution in [0.1, 0.15) is 18.9 Å². The average Bonchev–Trinajstić information content (AvgIpc) is 2.47. The van der Waals surface area contributed by atoms with Crippen LogP contribution in [0.2, 0.25) is 0 Å². The zero-order valence-corrected chi connectivity index (χ0v) is 11.2. The van der Waals surface area contributed by atoms with E-state index in [-0.39, 0.29) is 17.3 Å². The van der Waals surface area contributed by atoms with Crippen molar-refractivity contribution >= 4 is 10.9 Å². The zero-order valence-electron chi connectivity index (χ0n) is 11.2. The Hall–Kier alpha value is -2.08. The monoisotopic (exact) mass is 276 g/mol. The molecule has 3 rings (SSSR count). The van der Waals surface area contributed by atoms with Gasteiger partial charge in [-0.3, -0.25) is 9.36 Å². The smallest absolute Gasteiger partial charge is 0.329 e. The molecule has 6 heteroatoms. The van der Waals surface area contributed by atoms with Gasteiger partial charge in [-0.05, 0) is 25.0 Å². The van der Waals surface area contributed by atoms with Crippen molar-refractivity contribution < 1.29 is 9.47 Å². The van der Waals surface area contributed by atoms with Crippen LogP contribution in [0.25, 0.3) is 10.9 Å². The molecule has 6 nitrogen and oxygen atoms in total. The summed E-state index contributed by atoms with van der Waals surface area (Å²) in [5, 5.41) is 0.418. The Morgan fingerprint density at radius 2 is 2.05 bits per heavy atom. The number of nitrogens with zero attached hydrogens (tertiary/aromatic N) is 1. The predicted molar refractivity (Wildman–Crippen MR) is 74.5 cm³/mol. The van der Waals surface area contributed by atoms with E-state index in [9.17, 15) is 9.59 Å². The highest BCUT2D eigenvalue weighted by molar-refractivity contribution is 5.83. The van der Waals surface area contributed by atoms with E-state index >= 15 is 0 Å². The van der Waals surface area contributed by atoms with Gasteiger partial charge in [0.2, 0.25) is 0 Å². The lowest BCUT2D eigenvalue weighted by atomic mass is 10.1. The molecule has 0 radical (unpaired) electrons. The lowest BCUT2D eigenvalue weighted by Crippen LogP contribution is -2.40. The summed E-state index contributed by atoms with van der Waals surface area (Å²) >= 11 is 0. The van der Waals surface area contributed by atoms with Gasteiger partial charge >= 0.3 is 5.69 Å². The second kappa shape index (κ2) is 5.13. The third kappa shape index (κ3) is 2.02. The molecule has 1 aromatic carbocycles. The van der Waals surface area contributed by atoms with Crippen LogP contribution in [-0.4, -0.2) is 29.9 Å². The van der Waals surface area contributed by atoms with Crippen molar-refractivity contribution in [2.24, 2.45) is 0 Å². The highest BCUT2D eigenvalue weighted by Crippen LogP contribution is 2.22. The van der Waals surface area contributed by atoms with E-state index in [0.717, 1.165) is 0 Å². The van der Waals surface area contributed by atoms with Crippen LogP contribution in [0.4, 0.5) is 0 Å². The molecular weight excluding hydrogens is 260 g/mol. The Morgan fingerprint density at radius 1 is 1.30 bits per heavy atom. The molecular formula is C14H16N2O4. The normalized spacial score (nSPS) is 16.4. The number of hydrogen-bond donors (Lipinski definition) is 1. The third-order valence-electron chi connectivity index (χ3n) is 3.70. The molecule has 0 amide bonds. The van der Waals surface area contributed by atoms with E-state index in [2.05, 4.69) is 4.98 Å². The summed E-state index contributed by atoms with van der Waals surface area (Å²) in [5.74, 6) is 0.476. The molecule has 1 aromatic heterocycles. The Bertz CT molecular complexity index is 741. The van der Waals surface area contributed by atoms with E-state index in [1.54, 1.807) is 18.2 Å². The van der Waals surface area contributed by atoms with Gasteiger partial charge in [0, 0.05) is 19.3 Å². The molecule has 0 aliphatic carbocycles. The van der Waals surface area contributed by atoms with E-state index in [0.29, 0.717) is 42.7 Å². The fourth-order valence-electron chi connectivity index (χ4n) is 2.69. The summed E-state index contributed by atoms with van der Waals surface area (Å²) in [4.78, 5) is 27.6. The largest absolute Gasteiger partial charge is 0.496 e. The Balaban J connectivity index is 2.27. The van der Waals surface area contributed by atoms with Gasteiger partial charge in [-0.15, -0.1) is 0 Å². The molecule has 2 heterocycles. The van der Waals surface area contributed by atoms with Crippen LogP contribution in [-0.2, 0) is 4.74 Å². The first kappa shape index (κ1) is 12.9. The van der Waals surface area contributed by atoms with Gasteiger partial charge in [0.25, 0.3) is 5.56 Å². The third-order valence-corrected chi connectivity index (χ3v) is 3.70. The number of ether oxygens (including phenoxy) is 2. The molecule has 0 saturated carbocycles. The summed E-state index contributed by atoms with van der Waals surface area (Å²) in [6.07, 6.45) is 1.34. The van der Waals surface area contributed by atoms with Crippen LogP contribution in [0.3, 0.4) is 0 Å². The standard InChI is InChI=1S/C14H16N2O4/c1-19-11-4-2-3-10-12(11)13(17)16(14(18)15-10)9-5-7-20-8-6-9/h2-4,9H,5-8H2,1H3,(H,15,18). The topological polar surface area (TPSA) is 73.3 Å². The molecule has 1 fully saturated rings. The van der Waals surface area contributed by atoms with E-state index in [4.69, 9.17) is 9.47 Å². The number of nitrogens with one attached hydrogen (secondary N) is 1. The summed E-state index contributed by atoms with van der Waals surface area (Å²) < 4.78 is 11.8. The van der Waals surface area contributed by atoms with Gasteiger partial charge < -0.3 is 14.5 Å². The number of rotatable bonds is 2. The summed E-state index contributed by atoms with van der Waals surface area (Å²) in [6, 6.07) is 5.05. The molecule has 1 aliphatic rings. The molecule has 1 N–H and O–H groups in total. The number of methoxy groups -OCH3 is 1. The highest BCUT2D eigenvalue weighted by atomic mass is 16.5. The maximum absolute atomic E-state index is 12.7. The van der Waals surface area contributed by atoms with Gasteiger partial charge in [0.1, 0.15) is 11.1 Å². The number of fused-ring (bicyclic) bond motifs is 1. The van der Waals surface area contributed by atoms with Crippen molar-refractivity contribution in [3.05, 3.63) is 39.0 Å². The Labute approximate surface area is 114 Å². The first-order valence-corrected chi connectivity index (χ1v) is 6.61. The zero-order chi connectivity index (χ0) is 14.1. The first-order valence-electron chi connectivity index (χ1n) is 6.61. The number of H-pyrrole nitrogens is 1. The fraction of sp³-hybridized carbons (Fsp3) is 0.429. The van der Waals surface area contributed by atoms with Crippen LogP contribution in [0.15, 0.2) is 27.8 Å². The summed E-state index contributed by atoms with van der Waals surface area (Å²) in [7, 11) is 1.51. The number of aromatic nitrogens is 2. The van der Waals surface area contributed by atoms with Crippen LogP contribution in [0.5, 0.6) is 5.75 Å². The molecule has 20 heavy (non-hydrogen) atoms. The van der Waals surface area contributed by atoms with Crippen molar-refractivity contribution in [1.29, 1.82) is 0 Å².